The van der Waals surface area contributed by atoms with Crippen molar-refractivity contribution < 1.29 is 4.74 Å². The van der Waals surface area contributed by atoms with Gasteiger partial charge in [0.1, 0.15) is 5.75 Å². The molecule has 0 aliphatic carbocycles. The summed E-state index contributed by atoms with van der Waals surface area (Å²) in [4.78, 5) is 7.15. The number of halogens is 1. The van der Waals surface area contributed by atoms with Crippen LogP contribution in [0.25, 0.3) is 0 Å². The van der Waals surface area contributed by atoms with Crippen LogP contribution in [0.3, 0.4) is 0 Å². The topological polar surface area (TPSA) is 24.8 Å². The maximum absolute atomic E-state index is 6.19. The number of anilines is 1. The lowest BCUT2D eigenvalue weighted by molar-refractivity contribution is 0.376. The van der Waals surface area contributed by atoms with E-state index in [1.807, 2.05) is 24.4 Å². The molecule has 0 fully saturated rings. The summed E-state index contributed by atoms with van der Waals surface area (Å²) in [6, 6.07) is 12.3. The predicted octanol–water partition coefficient (Wildman–Crippen LogP) is 6.60. The lowest BCUT2D eigenvalue weighted by atomic mass is 9.79. The van der Waals surface area contributed by atoms with Gasteiger partial charge in [0.25, 0.3) is 0 Å². The van der Waals surface area contributed by atoms with Gasteiger partial charge in [-0.1, -0.05) is 31.5 Å². The second kappa shape index (κ2) is 7.93. The molecule has 27 heavy (non-hydrogen) atoms. The van der Waals surface area contributed by atoms with E-state index in [4.69, 9.17) is 16.3 Å². The molecule has 3 rings (SSSR count). The maximum atomic E-state index is 6.19. The molecule has 0 radical (unpaired) electrons. The van der Waals surface area contributed by atoms with Gasteiger partial charge in [-0.3, -0.25) is 4.99 Å². The molecule has 144 valence electrons. The first-order chi connectivity index (χ1) is 12.9. The number of benzene rings is 2. The highest BCUT2D eigenvalue weighted by Crippen LogP contribution is 2.43. The summed E-state index contributed by atoms with van der Waals surface area (Å²) < 4.78 is 5.19. The van der Waals surface area contributed by atoms with Crippen LogP contribution in [0.1, 0.15) is 57.6 Å². The van der Waals surface area contributed by atoms with E-state index in [-0.39, 0.29) is 5.54 Å². The molecule has 1 aliphatic rings. The van der Waals surface area contributed by atoms with Gasteiger partial charge in [0.15, 0.2) is 0 Å². The first-order valence-corrected chi connectivity index (χ1v) is 10.0. The monoisotopic (exact) mass is 384 g/mol. The van der Waals surface area contributed by atoms with Crippen LogP contribution >= 0.6 is 11.6 Å². The van der Waals surface area contributed by atoms with Crippen molar-refractivity contribution >= 4 is 29.2 Å². The summed E-state index contributed by atoms with van der Waals surface area (Å²) >= 11 is 6.19. The van der Waals surface area contributed by atoms with Crippen molar-refractivity contribution in [3.05, 3.63) is 52.5 Å². The number of hydrogen-bond acceptors (Lipinski definition) is 3. The molecule has 2 aromatic rings. The van der Waals surface area contributed by atoms with Gasteiger partial charge in [0.05, 0.1) is 17.8 Å². The van der Waals surface area contributed by atoms with Crippen LogP contribution < -0.4 is 9.64 Å². The number of methoxy groups -OCH3 is 1. The van der Waals surface area contributed by atoms with Crippen molar-refractivity contribution in [2.75, 3.05) is 18.6 Å². The Kier molecular flexibility index (Phi) is 5.81. The van der Waals surface area contributed by atoms with Crippen molar-refractivity contribution in [1.29, 1.82) is 0 Å². The molecule has 0 amide bonds. The number of rotatable bonds is 5. The van der Waals surface area contributed by atoms with E-state index in [2.05, 4.69) is 55.8 Å². The van der Waals surface area contributed by atoms with Crippen molar-refractivity contribution in [2.45, 2.75) is 52.0 Å². The third-order valence-electron chi connectivity index (χ3n) is 5.35. The van der Waals surface area contributed by atoms with E-state index in [1.165, 1.54) is 11.3 Å². The predicted molar refractivity (Wildman–Crippen MR) is 116 cm³/mol. The largest absolute Gasteiger partial charge is 0.495 e. The molecule has 3 nitrogen and oxygen atoms in total. The summed E-state index contributed by atoms with van der Waals surface area (Å²) in [5.41, 5.74) is 4.91. The standard InChI is InChI=1S/C23H29ClN2O/c1-6-11-26-21-9-7-17(12-19(21)16(2)14-23(26,3)4)15-25-18-8-10-22(27-5)20(24)13-18/h7-10,12-13,15-16H,6,11,14H2,1-5H3. The van der Waals surface area contributed by atoms with E-state index >= 15 is 0 Å². The Morgan fingerprint density at radius 2 is 2.04 bits per heavy atom. The van der Waals surface area contributed by atoms with Crippen LogP contribution in [-0.2, 0) is 0 Å². The number of nitrogens with zero attached hydrogens (tertiary/aromatic N) is 2. The Morgan fingerprint density at radius 1 is 1.26 bits per heavy atom. The fourth-order valence-corrected chi connectivity index (χ4v) is 4.37. The van der Waals surface area contributed by atoms with Crippen molar-refractivity contribution in [3.63, 3.8) is 0 Å². The van der Waals surface area contributed by atoms with Gasteiger partial charge in [0, 0.05) is 24.0 Å². The SMILES string of the molecule is CCCN1c2ccc(C=Nc3ccc(OC)c(Cl)c3)cc2C(C)CC1(C)C. The Labute approximate surface area is 168 Å². The summed E-state index contributed by atoms with van der Waals surface area (Å²) in [6.07, 6.45) is 4.22. The van der Waals surface area contributed by atoms with Gasteiger partial charge < -0.3 is 9.64 Å². The summed E-state index contributed by atoms with van der Waals surface area (Å²) in [7, 11) is 1.61. The lowest BCUT2D eigenvalue weighted by Crippen LogP contribution is -2.48. The van der Waals surface area contributed by atoms with Crippen molar-refractivity contribution in [1.82, 2.24) is 0 Å². The highest BCUT2D eigenvalue weighted by atomic mass is 35.5. The molecule has 0 spiro atoms. The van der Waals surface area contributed by atoms with Gasteiger partial charge in [-0.25, -0.2) is 0 Å². The van der Waals surface area contributed by atoms with Crippen molar-refractivity contribution in [2.24, 2.45) is 4.99 Å². The fraction of sp³-hybridized carbons (Fsp3) is 0.435. The molecular weight excluding hydrogens is 356 g/mol. The molecular formula is C23H29ClN2O. The molecule has 2 aromatic carbocycles. The van der Waals surface area contributed by atoms with Crippen LogP contribution in [0.5, 0.6) is 5.75 Å². The van der Waals surface area contributed by atoms with Crippen LogP contribution in [-0.4, -0.2) is 25.4 Å². The van der Waals surface area contributed by atoms with E-state index in [0.717, 1.165) is 30.6 Å². The highest BCUT2D eigenvalue weighted by molar-refractivity contribution is 6.32. The van der Waals surface area contributed by atoms with Crippen LogP contribution in [0.15, 0.2) is 41.4 Å². The molecule has 0 N–H and O–H groups in total. The molecule has 1 heterocycles. The van der Waals surface area contributed by atoms with Gasteiger partial charge in [-0.2, -0.15) is 0 Å². The normalized spacial score (nSPS) is 18.6. The van der Waals surface area contributed by atoms with Crippen LogP contribution in [0.2, 0.25) is 5.02 Å². The zero-order valence-corrected chi connectivity index (χ0v) is 17.7. The summed E-state index contributed by atoms with van der Waals surface area (Å²) in [5.74, 6) is 1.20. The van der Waals surface area contributed by atoms with Crippen LogP contribution in [0, 0.1) is 0 Å². The highest BCUT2D eigenvalue weighted by Gasteiger charge is 2.35. The molecule has 1 unspecified atom stereocenters. The minimum Gasteiger partial charge on any atom is -0.495 e. The molecule has 0 saturated heterocycles. The smallest absolute Gasteiger partial charge is 0.137 e. The van der Waals surface area contributed by atoms with Gasteiger partial charge in [0.2, 0.25) is 0 Å². The zero-order valence-electron chi connectivity index (χ0n) is 16.9. The average Bonchev–Trinajstić information content (AvgIpc) is 2.63. The molecule has 4 heteroatoms. The minimum absolute atomic E-state index is 0.192. The summed E-state index contributed by atoms with van der Waals surface area (Å²) in [5, 5.41) is 0.573. The molecule has 1 aliphatic heterocycles. The number of ether oxygens (including phenoxy) is 1. The van der Waals surface area contributed by atoms with E-state index < -0.39 is 0 Å². The molecule has 0 saturated carbocycles. The second-order valence-corrected chi connectivity index (χ2v) is 8.37. The Hall–Kier alpha value is -2.00. The average molecular weight is 385 g/mol. The Balaban J connectivity index is 1.89. The third-order valence-corrected chi connectivity index (χ3v) is 5.65. The number of hydrogen-bond donors (Lipinski definition) is 0. The first-order valence-electron chi connectivity index (χ1n) is 9.65. The fourth-order valence-electron chi connectivity index (χ4n) is 4.12. The van der Waals surface area contributed by atoms with E-state index in [9.17, 15) is 0 Å². The molecule has 1 atom stereocenters. The van der Waals surface area contributed by atoms with Gasteiger partial charge >= 0.3 is 0 Å². The van der Waals surface area contributed by atoms with E-state index in [1.54, 1.807) is 7.11 Å². The van der Waals surface area contributed by atoms with Crippen LogP contribution in [0.4, 0.5) is 11.4 Å². The number of fused-ring (bicyclic) bond motifs is 1. The summed E-state index contributed by atoms with van der Waals surface area (Å²) in [6.45, 7) is 10.4. The Morgan fingerprint density at radius 3 is 2.70 bits per heavy atom. The van der Waals surface area contributed by atoms with Gasteiger partial charge in [-0.15, -0.1) is 0 Å². The maximum Gasteiger partial charge on any atom is 0.137 e. The minimum atomic E-state index is 0.192. The van der Waals surface area contributed by atoms with E-state index in [0.29, 0.717) is 16.7 Å². The van der Waals surface area contributed by atoms with Crippen molar-refractivity contribution in [3.8, 4) is 5.75 Å². The first kappa shape index (κ1) is 19.8. The molecule has 0 bridgehead atoms. The lowest BCUT2D eigenvalue weighted by Gasteiger charge is -2.47. The quantitative estimate of drug-likeness (QED) is 0.542. The number of aliphatic imine (C=N–C) groups is 1. The third kappa shape index (κ3) is 4.14. The second-order valence-electron chi connectivity index (χ2n) is 7.96. The Bertz CT molecular complexity index is 844. The van der Waals surface area contributed by atoms with Gasteiger partial charge in [-0.05, 0) is 74.1 Å². The zero-order chi connectivity index (χ0) is 19.6. The molecule has 0 aromatic heterocycles.